The van der Waals surface area contributed by atoms with E-state index in [2.05, 4.69) is 4.98 Å². The highest BCUT2D eigenvalue weighted by molar-refractivity contribution is 6.39. The van der Waals surface area contributed by atoms with Gasteiger partial charge in [0.25, 0.3) is 5.92 Å². The first kappa shape index (κ1) is 20.6. The van der Waals surface area contributed by atoms with Gasteiger partial charge in [-0.3, -0.25) is 0 Å². The van der Waals surface area contributed by atoms with Crippen LogP contribution in [0.25, 0.3) is 22.0 Å². The Bertz CT molecular complexity index is 1120. The van der Waals surface area contributed by atoms with Crippen molar-refractivity contribution in [3.63, 3.8) is 0 Å². The lowest BCUT2D eigenvalue weighted by Gasteiger charge is -2.33. The van der Waals surface area contributed by atoms with Gasteiger partial charge in [-0.15, -0.1) is 0 Å². The molecular weight excluding hydrogens is 437 g/mol. The Labute approximate surface area is 180 Å². The molecule has 0 aliphatic carbocycles. The van der Waals surface area contributed by atoms with Crippen LogP contribution in [-0.2, 0) is 0 Å². The van der Waals surface area contributed by atoms with Crippen LogP contribution < -0.4 is 9.64 Å². The predicted molar refractivity (Wildman–Crippen MR) is 112 cm³/mol. The molecule has 0 atom stereocenters. The highest BCUT2D eigenvalue weighted by Crippen LogP contribution is 2.46. The summed E-state index contributed by atoms with van der Waals surface area (Å²) in [5.41, 5.74) is 1.47. The molecule has 9 heteroatoms. The van der Waals surface area contributed by atoms with E-state index in [9.17, 15) is 18.7 Å². The minimum absolute atomic E-state index is 0.000917. The number of hydrogen-bond donors (Lipinski definition) is 1. The van der Waals surface area contributed by atoms with Crippen molar-refractivity contribution < 1.29 is 23.4 Å². The first-order valence-electron chi connectivity index (χ1n) is 9.17. The number of pyridine rings is 1. The minimum atomic E-state index is -2.77. The fourth-order valence-electron chi connectivity index (χ4n) is 3.60. The molecule has 0 radical (unpaired) electrons. The molecule has 156 valence electrons. The molecule has 1 fully saturated rings. The average molecular weight is 453 g/mol. The van der Waals surface area contributed by atoms with E-state index in [0.29, 0.717) is 27.1 Å². The number of benzene rings is 2. The standard InChI is InChI=1S/C21H16Cl2F2N2O3/c22-13-10-14-16(12-4-2-1-3-5-12)18(30-20(28)29)19(26-17(14)15(23)11-13)27-8-6-21(24,25)7-9-27/h1-5,10-11H,6-9H2,(H,28,29). The minimum Gasteiger partial charge on any atom is -0.449 e. The molecule has 1 aromatic heterocycles. The van der Waals surface area contributed by atoms with Gasteiger partial charge < -0.3 is 14.7 Å². The molecule has 30 heavy (non-hydrogen) atoms. The van der Waals surface area contributed by atoms with Crippen LogP contribution in [0.4, 0.5) is 19.4 Å². The number of piperidine rings is 1. The molecule has 0 unspecified atom stereocenters. The number of rotatable bonds is 3. The summed E-state index contributed by atoms with van der Waals surface area (Å²) < 4.78 is 32.6. The highest BCUT2D eigenvalue weighted by atomic mass is 35.5. The van der Waals surface area contributed by atoms with Crippen LogP contribution in [0.3, 0.4) is 0 Å². The second-order valence-electron chi connectivity index (χ2n) is 7.00. The topological polar surface area (TPSA) is 62.7 Å². The molecule has 1 aliphatic rings. The summed E-state index contributed by atoms with van der Waals surface area (Å²) in [6.45, 7) is 0.00183. The number of anilines is 1. The van der Waals surface area contributed by atoms with Gasteiger partial charge in [0.1, 0.15) is 0 Å². The molecule has 2 heterocycles. The molecule has 1 aliphatic heterocycles. The number of carboxylic acid groups (broad SMARTS) is 1. The van der Waals surface area contributed by atoms with Gasteiger partial charge in [-0.2, -0.15) is 0 Å². The van der Waals surface area contributed by atoms with Crippen LogP contribution in [0.2, 0.25) is 10.0 Å². The molecule has 5 nitrogen and oxygen atoms in total. The van der Waals surface area contributed by atoms with Crippen molar-refractivity contribution in [2.24, 2.45) is 0 Å². The van der Waals surface area contributed by atoms with Crippen molar-refractivity contribution in [2.75, 3.05) is 18.0 Å². The van der Waals surface area contributed by atoms with Gasteiger partial charge in [-0.1, -0.05) is 53.5 Å². The van der Waals surface area contributed by atoms with Crippen LogP contribution in [-0.4, -0.2) is 35.3 Å². The van der Waals surface area contributed by atoms with Crippen LogP contribution in [0.15, 0.2) is 42.5 Å². The van der Waals surface area contributed by atoms with E-state index in [0.717, 1.165) is 0 Å². The third-order valence-electron chi connectivity index (χ3n) is 4.99. The van der Waals surface area contributed by atoms with E-state index in [1.54, 1.807) is 35.2 Å². The van der Waals surface area contributed by atoms with Gasteiger partial charge in [0, 0.05) is 41.9 Å². The van der Waals surface area contributed by atoms with E-state index in [-0.39, 0.29) is 42.5 Å². The quantitative estimate of drug-likeness (QED) is 0.459. The summed E-state index contributed by atoms with van der Waals surface area (Å²) in [6, 6.07) is 12.1. The third kappa shape index (κ3) is 4.00. The molecule has 1 saturated heterocycles. The SMILES string of the molecule is O=C(O)Oc1c(N2CCC(F)(F)CC2)nc2c(Cl)cc(Cl)cc2c1-c1ccccc1. The van der Waals surface area contributed by atoms with Crippen LogP contribution in [0, 0.1) is 0 Å². The second-order valence-corrected chi connectivity index (χ2v) is 7.84. The first-order valence-corrected chi connectivity index (χ1v) is 9.92. The fraction of sp³-hybridized carbons (Fsp3) is 0.238. The van der Waals surface area contributed by atoms with E-state index in [4.69, 9.17) is 27.9 Å². The Morgan fingerprint density at radius 1 is 1.13 bits per heavy atom. The molecule has 4 rings (SSSR count). The normalized spacial score (nSPS) is 15.9. The molecule has 0 spiro atoms. The van der Waals surface area contributed by atoms with Gasteiger partial charge in [0.05, 0.1) is 10.5 Å². The van der Waals surface area contributed by atoms with E-state index >= 15 is 0 Å². The lowest BCUT2D eigenvalue weighted by Crippen LogP contribution is -2.40. The number of aromatic nitrogens is 1. The summed E-state index contributed by atoms with van der Waals surface area (Å²) in [5.74, 6) is -2.65. The lowest BCUT2D eigenvalue weighted by atomic mass is 9.98. The zero-order valence-electron chi connectivity index (χ0n) is 15.5. The van der Waals surface area contributed by atoms with E-state index < -0.39 is 12.1 Å². The largest absolute Gasteiger partial charge is 0.511 e. The zero-order valence-corrected chi connectivity index (χ0v) is 17.1. The number of carbonyl (C=O) groups is 1. The van der Waals surface area contributed by atoms with Crippen molar-refractivity contribution in [1.82, 2.24) is 4.98 Å². The molecule has 2 aromatic carbocycles. The van der Waals surface area contributed by atoms with Crippen LogP contribution in [0.1, 0.15) is 12.8 Å². The summed E-state index contributed by atoms with van der Waals surface area (Å²) >= 11 is 12.6. The number of fused-ring (bicyclic) bond motifs is 1. The second kappa shape index (κ2) is 7.89. The number of halogens is 4. The van der Waals surface area contributed by atoms with E-state index in [1.165, 1.54) is 6.07 Å². The fourth-order valence-corrected chi connectivity index (χ4v) is 4.13. The molecule has 0 bridgehead atoms. The molecule has 3 aromatic rings. The van der Waals surface area contributed by atoms with Gasteiger partial charge >= 0.3 is 6.16 Å². The number of hydrogen-bond acceptors (Lipinski definition) is 4. The van der Waals surface area contributed by atoms with Crippen molar-refractivity contribution in [2.45, 2.75) is 18.8 Å². The summed E-state index contributed by atoms with van der Waals surface area (Å²) in [7, 11) is 0. The predicted octanol–water partition coefficient (Wildman–Crippen LogP) is 6.50. The molecule has 0 saturated carbocycles. The zero-order chi connectivity index (χ0) is 21.5. The number of alkyl halides is 2. The Hall–Kier alpha value is -2.64. The smallest absolute Gasteiger partial charge is 0.449 e. The summed E-state index contributed by atoms with van der Waals surface area (Å²) in [5, 5.41) is 10.5. The number of ether oxygens (including phenoxy) is 1. The van der Waals surface area contributed by atoms with Crippen molar-refractivity contribution in [3.05, 3.63) is 52.5 Å². The van der Waals surface area contributed by atoms with Crippen LogP contribution in [0.5, 0.6) is 5.75 Å². The number of nitrogens with zero attached hydrogens (tertiary/aromatic N) is 2. The third-order valence-corrected chi connectivity index (χ3v) is 5.50. The maximum Gasteiger partial charge on any atom is 0.511 e. The Morgan fingerprint density at radius 3 is 2.43 bits per heavy atom. The van der Waals surface area contributed by atoms with Crippen molar-refractivity contribution in [3.8, 4) is 16.9 Å². The maximum atomic E-state index is 13.7. The van der Waals surface area contributed by atoms with Crippen molar-refractivity contribution >= 4 is 46.1 Å². The van der Waals surface area contributed by atoms with Crippen LogP contribution >= 0.6 is 23.2 Å². The summed E-state index contributed by atoms with van der Waals surface area (Å²) in [6.07, 6.45) is -2.27. The first-order chi connectivity index (χ1) is 14.2. The van der Waals surface area contributed by atoms with Gasteiger partial charge in [-0.25, -0.2) is 18.6 Å². The summed E-state index contributed by atoms with van der Waals surface area (Å²) in [4.78, 5) is 17.7. The molecule has 1 N–H and O–H groups in total. The molecule has 0 amide bonds. The Kier molecular flexibility index (Phi) is 5.42. The van der Waals surface area contributed by atoms with E-state index in [1.807, 2.05) is 6.07 Å². The van der Waals surface area contributed by atoms with Gasteiger partial charge in [0.2, 0.25) is 0 Å². The Balaban J connectivity index is 2.02. The molecular formula is C21H16Cl2F2N2O3. The van der Waals surface area contributed by atoms with Crippen molar-refractivity contribution in [1.29, 1.82) is 0 Å². The van der Waals surface area contributed by atoms with Gasteiger partial charge in [0.15, 0.2) is 11.6 Å². The average Bonchev–Trinajstić information content (AvgIpc) is 2.68. The Morgan fingerprint density at radius 2 is 1.80 bits per heavy atom. The maximum absolute atomic E-state index is 13.7. The highest BCUT2D eigenvalue weighted by Gasteiger charge is 2.36. The van der Waals surface area contributed by atoms with Gasteiger partial charge in [-0.05, 0) is 17.7 Å². The lowest BCUT2D eigenvalue weighted by molar-refractivity contribution is -0.0222. The monoisotopic (exact) mass is 452 g/mol.